The SMILES string of the molecule is CNc1nc(-c2cnccn2)nc(N(C)C)n1. The van der Waals surface area contributed by atoms with Crippen molar-refractivity contribution >= 4 is 11.9 Å². The summed E-state index contributed by atoms with van der Waals surface area (Å²) < 4.78 is 0. The minimum absolute atomic E-state index is 0.501. The maximum atomic E-state index is 4.31. The lowest BCUT2D eigenvalue weighted by Gasteiger charge is -2.11. The summed E-state index contributed by atoms with van der Waals surface area (Å²) in [6.07, 6.45) is 4.83. The van der Waals surface area contributed by atoms with Crippen molar-refractivity contribution in [2.75, 3.05) is 31.4 Å². The van der Waals surface area contributed by atoms with Crippen LogP contribution >= 0.6 is 0 Å². The smallest absolute Gasteiger partial charge is 0.230 e. The molecule has 17 heavy (non-hydrogen) atoms. The van der Waals surface area contributed by atoms with Crippen LogP contribution in [0, 0.1) is 0 Å². The van der Waals surface area contributed by atoms with Crippen molar-refractivity contribution in [1.82, 2.24) is 24.9 Å². The van der Waals surface area contributed by atoms with Crippen LogP contribution in [-0.2, 0) is 0 Å². The van der Waals surface area contributed by atoms with E-state index in [2.05, 4.69) is 30.2 Å². The van der Waals surface area contributed by atoms with Gasteiger partial charge in [-0.15, -0.1) is 0 Å². The third-order valence-electron chi connectivity index (χ3n) is 2.04. The molecule has 7 nitrogen and oxygen atoms in total. The van der Waals surface area contributed by atoms with Crippen molar-refractivity contribution in [3.63, 3.8) is 0 Å². The van der Waals surface area contributed by atoms with Gasteiger partial charge in [-0.1, -0.05) is 0 Å². The van der Waals surface area contributed by atoms with Crippen LogP contribution in [0.5, 0.6) is 0 Å². The summed E-state index contributed by atoms with van der Waals surface area (Å²) in [6, 6.07) is 0. The number of anilines is 2. The molecule has 0 aliphatic heterocycles. The Morgan fingerprint density at radius 1 is 1.12 bits per heavy atom. The summed E-state index contributed by atoms with van der Waals surface area (Å²) in [5, 5.41) is 2.90. The van der Waals surface area contributed by atoms with Gasteiger partial charge in [-0.05, 0) is 0 Å². The zero-order chi connectivity index (χ0) is 12.3. The van der Waals surface area contributed by atoms with E-state index in [1.807, 2.05) is 19.0 Å². The Morgan fingerprint density at radius 2 is 1.94 bits per heavy atom. The highest BCUT2D eigenvalue weighted by atomic mass is 15.3. The average molecular weight is 231 g/mol. The Hall–Kier alpha value is -2.31. The summed E-state index contributed by atoms with van der Waals surface area (Å²) >= 11 is 0. The highest BCUT2D eigenvalue weighted by Crippen LogP contribution is 2.15. The molecule has 2 heterocycles. The molecule has 0 radical (unpaired) electrons. The minimum atomic E-state index is 0.501. The highest BCUT2D eigenvalue weighted by Gasteiger charge is 2.09. The van der Waals surface area contributed by atoms with Gasteiger partial charge in [0.15, 0.2) is 5.82 Å². The topological polar surface area (TPSA) is 79.7 Å². The summed E-state index contributed by atoms with van der Waals surface area (Å²) in [6.45, 7) is 0. The first-order chi connectivity index (χ1) is 8.20. The average Bonchev–Trinajstić information content (AvgIpc) is 2.39. The van der Waals surface area contributed by atoms with E-state index < -0.39 is 0 Å². The van der Waals surface area contributed by atoms with Crippen LogP contribution in [0.3, 0.4) is 0 Å². The molecule has 0 saturated heterocycles. The molecule has 1 N–H and O–H groups in total. The molecule has 7 heteroatoms. The lowest BCUT2D eigenvalue weighted by molar-refractivity contribution is 0.956. The van der Waals surface area contributed by atoms with Gasteiger partial charge in [-0.25, -0.2) is 4.98 Å². The molecule has 0 aromatic carbocycles. The zero-order valence-electron chi connectivity index (χ0n) is 9.92. The molecular formula is C10H13N7. The van der Waals surface area contributed by atoms with E-state index >= 15 is 0 Å². The molecule has 0 saturated carbocycles. The second kappa shape index (κ2) is 4.69. The van der Waals surface area contributed by atoms with Crippen LogP contribution in [0.4, 0.5) is 11.9 Å². The maximum absolute atomic E-state index is 4.31. The van der Waals surface area contributed by atoms with Crippen LogP contribution in [0.1, 0.15) is 0 Å². The quantitative estimate of drug-likeness (QED) is 0.820. The zero-order valence-corrected chi connectivity index (χ0v) is 9.92. The molecular weight excluding hydrogens is 218 g/mol. The molecule has 0 unspecified atom stereocenters. The van der Waals surface area contributed by atoms with Gasteiger partial charge in [-0.3, -0.25) is 4.98 Å². The van der Waals surface area contributed by atoms with Gasteiger partial charge in [0, 0.05) is 33.5 Å². The lowest BCUT2D eigenvalue weighted by Crippen LogP contribution is -2.15. The van der Waals surface area contributed by atoms with Crippen molar-refractivity contribution in [2.24, 2.45) is 0 Å². The van der Waals surface area contributed by atoms with Gasteiger partial charge in [0.1, 0.15) is 5.69 Å². The van der Waals surface area contributed by atoms with Gasteiger partial charge < -0.3 is 10.2 Å². The van der Waals surface area contributed by atoms with E-state index in [-0.39, 0.29) is 0 Å². The number of hydrogen-bond donors (Lipinski definition) is 1. The number of nitrogens with zero attached hydrogens (tertiary/aromatic N) is 6. The van der Waals surface area contributed by atoms with Crippen molar-refractivity contribution < 1.29 is 0 Å². The minimum Gasteiger partial charge on any atom is -0.357 e. The molecule has 2 rings (SSSR count). The predicted octanol–water partition coefficient (Wildman–Crippen LogP) is 0.436. The van der Waals surface area contributed by atoms with E-state index in [4.69, 9.17) is 0 Å². The number of nitrogens with one attached hydrogen (secondary N) is 1. The monoisotopic (exact) mass is 231 g/mol. The van der Waals surface area contributed by atoms with E-state index in [0.717, 1.165) is 0 Å². The number of aromatic nitrogens is 5. The fourth-order valence-electron chi connectivity index (χ4n) is 1.21. The first-order valence-electron chi connectivity index (χ1n) is 5.08. The second-order valence-electron chi connectivity index (χ2n) is 3.52. The summed E-state index contributed by atoms with van der Waals surface area (Å²) in [7, 11) is 5.50. The number of hydrogen-bond acceptors (Lipinski definition) is 7. The Kier molecular flexibility index (Phi) is 3.08. The Labute approximate surface area is 99.0 Å². The van der Waals surface area contributed by atoms with Crippen LogP contribution in [0.2, 0.25) is 0 Å². The molecule has 88 valence electrons. The molecule has 0 aliphatic rings. The van der Waals surface area contributed by atoms with Crippen LogP contribution in [0.25, 0.3) is 11.5 Å². The standard InChI is InChI=1S/C10H13N7/c1-11-9-14-8(7-6-12-4-5-13-7)15-10(16-9)17(2)3/h4-6H,1-3H3,(H,11,14,15,16). The van der Waals surface area contributed by atoms with Gasteiger partial charge in [-0.2, -0.15) is 15.0 Å². The predicted molar refractivity (Wildman–Crippen MR) is 64.7 cm³/mol. The van der Waals surface area contributed by atoms with E-state index in [9.17, 15) is 0 Å². The third-order valence-corrected chi connectivity index (χ3v) is 2.04. The van der Waals surface area contributed by atoms with E-state index in [1.165, 1.54) is 0 Å². The van der Waals surface area contributed by atoms with Gasteiger partial charge in [0.05, 0.1) is 6.20 Å². The fourth-order valence-corrected chi connectivity index (χ4v) is 1.21. The molecule has 0 aliphatic carbocycles. The van der Waals surface area contributed by atoms with Crippen molar-refractivity contribution in [3.05, 3.63) is 18.6 Å². The maximum Gasteiger partial charge on any atom is 0.230 e. The summed E-state index contributed by atoms with van der Waals surface area (Å²) in [4.78, 5) is 22.7. The third kappa shape index (κ3) is 2.44. The molecule has 0 fully saturated rings. The molecule has 0 atom stereocenters. The Balaban J connectivity index is 2.50. The summed E-state index contributed by atoms with van der Waals surface area (Å²) in [5.41, 5.74) is 0.620. The van der Waals surface area contributed by atoms with E-state index in [1.54, 1.807) is 25.6 Å². The van der Waals surface area contributed by atoms with Gasteiger partial charge in [0.2, 0.25) is 11.9 Å². The van der Waals surface area contributed by atoms with Crippen molar-refractivity contribution in [1.29, 1.82) is 0 Å². The molecule has 2 aromatic rings. The highest BCUT2D eigenvalue weighted by molar-refractivity contribution is 5.52. The van der Waals surface area contributed by atoms with Crippen LogP contribution < -0.4 is 10.2 Å². The van der Waals surface area contributed by atoms with Crippen LogP contribution in [-0.4, -0.2) is 46.1 Å². The van der Waals surface area contributed by atoms with E-state index in [0.29, 0.717) is 23.4 Å². The number of rotatable bonds is 3. The molecule has 2 aromatic heterocycles. The Bertz CT molecular complexity index is 497. The van der Waals surface area contributed by atoms with Crippen molar-refractivity contribution in [2.45, 2.75) is 0 Å². The first kappa shape index (κ1) is 11.2. The normalized spacial score (nSPS) is 10.1. The first-order valence-corrected chi connectivity index (χ1v) is 5.08. The summed E-state index contributed by atoms with van der Waals surface area (Å²) in [5.74, 6) is 1.58. The fraction of sp³-hybridized carbons (Fsp3) is 0.300. The van der Waals surface area contributed by atoms with Gasteiger partial charge >= 0.3 is 0 Å². The molecule has 0 spiro atoms. The van der Waals surface area contributed by atoms with Crippen molar-refractivity contribution in [3.8, 4) is 11.5 Å². The Morgan fingerprint density at radius 3 is 2.53 bits per heavy atom. The van der Waals surface area contributed by atoms with Gasteiger partial charge in [0.25, 0.3) is 0 Å². The second-order valence-corrected chi connectivity index (χ2v) is 3.52. The lowest BCUT2D eigenvalue weighted by atomic mass is 10.4. The largest absolute Gasteiger partial charge is 0.357 e. The molecule has 0 bridgehead atoms. The molecule has 0 amide bonds. The van der Waals surface area contributed by atoms with Crippen LogP contribution in [0.15, 0.2) is 18.6 Å².